The minimum atomic E-state index is 0.708. The van der Waals surface area contributed by atoms with Crippen molar-refractivity contribution in [1.82, 2.24) is 9.97 Å². The van der Waals surface area contributed by atoms with Gasteiger partial charge in [0, 0.05) is 22.5 Å². The molecular weight excluding hydrogens is 537 g/mol. The van der Waals surface area contributed by atoms with Crippen LogP contribution in [0.4, 0.5) is 11.4 Å². The van der Waals surface area contributed by atoms with Crippen molar-refractivity contribution in [2.75, 3.05) is 11.5 Å². The number of nitrogens with two attached hydrogens (primary N) is 2. The summed E-state index contributed by atoms with van der Waals surface area (Å²) >= 11 is 3.35. The van der Waals surface area contributed by atoms with E-state index in [-0.39, 0.29) is 0 Å². The number of hydrogen-bond donors (Lipinski definition) is 2. The van der Waals surface area contributed by atoms with E-state index in [1.165, 1.54) is 0 Å². The number of rotatable bonds is 6. The van der Waals surface area contributed by atoms with E-state index in [0.29, 0.717) is 11.4 Å². The van der Waals surface area contributed by atoms with Gasteiger partial charge in [0.1, 0.15) is 33.0 Å². The van der Waals surface area contributed by atoms with Crippen LogP contribution in [0.2, 0.25) is 0 Å². The maximum absolute atomic E-state index is 5.92. The first-order chi connectivity index (χ1) is 19.6. The van der Waals surface area contributed by atoms with E-state index in [2.05, 4.69) is 12.1 Å². The molecular formula is C32H22N4O2S2. The molecule has 0 spiro atoms. The smallest absolute Gasteiger partial charge is 0.127 e. The summed E-state index contributed by atoms with van der Waals surface area (Å²) in [4.78, 5) is 9.80. The van der Waals surface area contributed by atoms with Gasteiger partial charge in [0.15, 0.2) is 0 Å². The molecule has 5 aromatic carbocycles. The molecule has 0 aliphatic heterocycles. The number of ether oxygens (including phenoxy) is 2. The second-order valence-corrected chi connectivity index (χ2v) is 11.3. The van der Waals surface area contributed by atoms with Crippen LogP contribution < -0.4 is 20.9 Å². The van der Waals surface area contributed by atoms with Gasteiger partial charge in [-0.1, -0.05) is 0 Å². The second-order valence-electron chi connectivity index (χ2n) is 9.22. The lowest BCUT2D eigenvalue weighted by atomic mass is 10.2. The Hall–Kier alpha value is -4.92. The molecule has 194 valence electrons. The molecule has 7 rings (SSSR count). The van der Waals surface area contributed by atoms with Gasteiger partial charge in [0.25, 0.3) is 0 Å². The quantitative estimate of drug-likeness (QED) is 0.198. The highest BCUT2D eigenvalue weighted by Gasteiger charge is 2.12. The largest absolute Gasteiger partial charge is 0.457 e. The van der Waals surface area contributed by atoms with E-state index < -0.39 is 0 Å². The molecule has 0 unspecified atom stereocenters. The average Bonchev–Trinajstić information content (AvgIpc) is 3.58. The van der Waals surface area contributed by atoms with E-state index in [1.54, 1.807) is 22.7 Å². The molecule has 2 heterocycles. The predicted molar refractivity (Wildman–Crippen MR) is 166 cm³/mol. The van der Waals surface area contributed by atoms with E-state index >= 15 is 0 Å². The Morgan fingerprint density at radius 2 is 0.800 bits per heavy atom. The van der Waals surface area contributed by atoms with Crippen molar-refractivity contribution in [3.63, 3.8) is 0 Å². The lowest BCUT2D eigenvalue weighted by Crippen LogP contribution is -1.86. The Labute approximate surface area is 238 Å². The van der Waals surface area contributed by atoms with Crippen LogP contribution in [0.15, 0.2) is 109 Å². The van der Waals surface area contributed by atoms with E-state index in [9.17, 15) is 0 Å². The van der Waals surface area contributed by atoms with Crippen LogP contribution in [0, 0.1) is 0 Å². The number of nitrogens with zero attached hydrogens (tertiary/aromatic N) is 2. The molecule has 0 fully saturated rings. The van der Waals surface area contributed by atoms with Gasteiger partial charge in [-0.2, -0.15) is 0 Å². The summed E-state index contributed by atoms with van der Waals surface area (Å²) in [5, 5.41) is 1.92. The highest BCUT2D eigenvalue weighted by Crippen LogP contribution is 2.38. The maximum Gasteiger partial charge on any atom is 0.127 e. The Morgan fingerprint density at radius 1 is 0.450 bits per heavy atom. The standard InChI is InChI=1S/C32H22N4O2S2/c33-21-5-13-25(14-6-21)37-23-9-1-19(2-10-23)31-35-27-17-28-30(18-29(27)39-31)40-32(36-28)20-3-11-24(12-4-20)38-26-15-7-22(34)8-16-26/h1-18H,33-34H2. The van der Waals surface area contributed by atoms with Gasteiger partial charge in [-0.05, 0) is 109 Å². The minimum absolute atomic E-state index is 0.708. The van der Waals surface area contributed by atoms with E-state index in [0.717, 1.165) is 64.6 Å². The fourth-order valence-corrected chi connectivity index (χ4v) is 6.33. The predicted octanol–water partition coefficient (Wildman–Crippen LogP) is 8.99. The summed E-state index contributed by atoms with van der Waals surface area (Å²) in [6.45, 7) is 0. The Morgan fingerprint density at radius 3 is 1.18 bits per heavy atom. The molecule has 0 aliphatic carbocycles. The summed E-state index contributed by atoms with van der Waals surface area (Å²) < 4.78 is 14.1. The molecule has 8 heteroatoms. The van der Waals surface area contributed by atoms with Crippen LogP contribution in [-0.2, 0) is 0 Å². The number of nitrogen functional groups attached to an aromatic ring is 2. The molecule has 0 amide bonds. The van der Waals surface area contributed by atoms with Gasteiger partial charge in [-0.15, -0.1) is 22.7 Å². The van der Waals surface area contributed by atoms with Crippen LogP contribution in [0.5, 0.6) is 23.0 Å². The second kappa shape index (κ2) is 10.00. The fraction of sp³-hybridized carbons (Fsp3) is 0. The first kappa shape index (κ1) is 24.1. The first-order valence-corrected chi connectivity index (χ1v) is 14.2. The van der Waals surface area contributed by atoms with Crippen molar-refractivity contribution in [1.29, 1.82) is 0 Å². The Bertz CT molecular complexity index is 1750. The van der Waals surface area contributed by atoms with Crippen molar-refractivity contribution < 1.29 is 9.47 Å². The number of anilines is 2. The summed E-state index contributed by atoms with van der Waals surface area (Å²) in [6.07, 6.45) is 0. The number of fused-ring (bicyclic) bond motifs is 2. The zero-order valence-corrected chi connectivity index (χ0v) is 22.7. The van der Waals surface area contributed by atoms with Gasteiger partial charge >= 0.3 is 0 Å². The van der Waals surface area contributed by atoms with Gasteiger partial charge in [0.2, 0.25) is 0 Å². The average molecular weight is 559 g/mol. The van der Waals surface area contributed by atoms with Crippen molar-refractivity contribution >= 4 is 54.5 Å². The van der Waals surface area contributed by atoms with Crippen molar-refractivity contribution in [3.8, 4) is 44.1 Å². The third-order valence-electron chi connectivity index (χ3n) is 6.33. The number of thiazole rings is 2. The van der Waals surface area contributed by atoms with E-state index in [1.807, 2.05) is 97.1 Å². The SMILES string of the molecule is Nc1ccc(Oc2ccc(-c3nc4cc5nc(-c6ccc(Oc7ccc(N)cc7)cc6)sc5cc4s3)cc2)cc1. The van der Waals surface area contributed by atoms with Crippen molar-refractivity contribution in [2.45, 2.75) is 0 Å². The van der Waals surface area contributed by atoms with Gasteiger partial charge in [-0.25, -0.2) is 9.97 Å². The summed E-state index contributed by atoms with van der Waals surface area (Å²) in [7, 11) is 0. The third kappa shape index (κ3) is 4.93. The van der Waals surface area contributed by atoms with Gasteiger partial charge < -0.3 is 20.9 Å². The van der Waals surface area contributed by atoms with Crippen LogP contribution in [0.3, 0.4) is 0 Å². The van der Waals surface area contributed by atoms with E-state index in [4.69, 9.17) is 30.9 Å². The molecule has 0 saturated heterocycles. The number of benzene rings is 5. The fourth-order valence-electron chi connectivity index (χ4n) is 4.27. The molecule has 6 nitrogen and oxygen atoms in total. The maximum atomic E-state index is 5.92. The lowest BCUT2D eigenvalue weighted by Gasteiger charge is -2.06. The molecule has 40 heavy (non-hydrogen) atoms. The molecule has 0 radical (unpaired) electrons. The number of aromatic nitrogens is 2. The summed E-state index contributed by atoms with van der Waals surface area (Å²) in [5.41, 5.74) is 16.9. The molecule has 0 atom stereocenters. The molecule has 4 N–H and O–H groups in total. The molecule has 0 saturated carbocycles. The minimum Gasteiger partial charge on any atom is -0.457 e. The lowest BCUT2D eigenvalue weighted by molar-refractivity contribution is 0.482. The topological polar surface area (TPSA) is 96.3 Å². The Kier molecular flexibility index (Phi) is 6.03. The molecule has 0 aliphatic rings. The van der Waals surface area contributed by atoms with Gasteiger partial charge in [-0.3, -0.25) is 0 Å². The first-order valence-electron chi connectivity index (χ1n) is 12.5. The summed E-state index contributed by atoms with van der Waals surface area (Å²) in [6, 6.07) is 34.9. The zero-order chi connectivity index (χ0) is 27.1. The highest BCUT2D eigenvalue weighted by molar-refractivity contribution is 7.23. The summed E-state index contributed by atoms with van der Waals surface area (Å²) in [5.74, 6) is 3.01. The van der Waals surface area contributed by atoms with Crippen molar-refractivity contribution in [2.24, 2.45) is 0 Å². The highest BCUT2D eigenvalue weighted by atomic mass is 32.1. The van der Waals surface area contributed by atoms with Crippen LogP contribution >= 0.6 is 22.7 Å². The molecule has 7 aromatic rings. The third-order valence-corrected chi connectivity index (χ3v) is 8.47. The normalized spacial score (nSPS) is 11.2. The van der Waals surface area contributed by atoms with Crippen LogP contribution in [-0.4, -0.2) is 9.97 Å². The van der Waals surface area contributed by atoms with Gasteiger partial charge in [0.05, 0.1) is 20.4 Å². The van der Waals surface area contributed by atoms with Crippen LogP contribution in [0.1, 0.15) is 0 Å². The monoisotopic (exact) mass is 558 g/mol. The van der Waals surface area contributed by atoms with Crippen LogP contribution in [0.25, 0.3) is 41.6 Å². The zero-order valence-electron chi connectivity index (χ0n) is 21.1. The molecule has 0 bridgehead atoms. The van der Waals surface area contributed by atoms with Crippen molar-refractivity contribution in [3.05, 3.63) is 109 Å². The number of hydrogen-bond acceptors (Lipinski definition) is 8. The Balaban J connectivity index is 1.09. The molecule has 2 aromatic heterocycles.